The van der Waals surface area contributed by atoms with Crippen molar-refractivity contribution in [3.63, 3.8) is 0 Å². The van der Waals surface area contributed by atoms with Crippen LogP contribution in [-0.4, -0.2) is 56.9 Å². The van der Waals surface area contributed by atoms with Gasteiger partial charge >= 0.3 is 11.9 Å². The molecule has 228 valence electrons. The third-order valence-electron chi connectivity index (χ3n) is 8.70. The lowest BCUT2D eigenvalue weighted by molar-refractivity contribution is -0.233. The Labute approximate surface area is 238 Å². The molecule has 2 aliphatic rings. The van der Waals surface area contributed by atoms with Crippen molar-refractivity contribution in [1.29, 1.82) is 0 Å². The number of hydrogen-bond acceptors (Lipinski definition) is 7. The fraction of sp³-hybridized carbons (Fsp3) is 0.875. The van der Waals surface area contributed by atoms with Crippen LogP contribution in [0.4, 0.5) is 0 Å². The molecule has 2 rings (SSSR count). The highest BCUT2D eigenvalue weighted by molar-refractivity contribution is 5.70. The second-order valence-corrected chi connectivity index (χ2v) is 11.6. The third kappa shape index (κ3) is 12.3. The van der Waals surface area contributed by atoms with Gasteiger partial charge in [0.25, 0.3) is 0 Å². The molecular formula is C32H58O7. The van der Waals surface area contributed by atoms with Gasteiger partial charge in [-0.2, -0.15) is 0 Å². The minimum atomic E-state index is -0.508. The van der Waals surface area contributed by atoms with E-state index in [0.717, 1.165) is 56.9 Å². The second kappa shape index (κ2) is 19.6. The Hall–Kier alpha value is -1.44. The number of unbranched alkanes of at least 4 members (excludes halogenated alkanes) is 4. The van der Waals surface area contributed by atoms with Crippen LogP contribution in [0, 0.1) is 23.7 Å². The van der Waals surface area contributed by atoms with Crippen LogP contribution in [0.3, 0.4) is 0 Å². The van der Waals surface area contributed by atoms with E-state index in [0.29, 0.717) is 31.3 Å². The summed E-state index contributed by atoms with van der Waals surface area (Å²) in [4.78, 5) is 23.4. The first-order valence-electron chi connectivity index (χ1n) is 15.3. The molecule has 5 atom stereocenters. The molecule has 0 spiro atoms. The van der Waals surface area contributed by atoms with Gasteiger partial charge < -0.3 is 24.1 Å². The third-order valence-corrected chi connectivity index (χ3v) is 8.70. The van der Waals surface area contributed by atoms with E-state index >= 15 is 0 Å². The van der Waals surface area contributed by atoms with E-state index in [1.807, 2.05) is 19.9 Å². The summed E-state index contributed by atoms with van der Waals surface area (Å²) in [7, 11) is 4.86. The zero-order chi connectivity index (χ0) is 29.3. The minimum Gasteiger partial charge on any atom is -0.469 e. The first-order valence-corrected chi connectivity index (χ1v) is 15.3. The maximum atomic E-state index is 11.8. The lowest BCUT2D eigenvalue weighted by atomic mass is 9.85. The number of carbonyl (C=O) groups is 2. The van der Waals surface area contributed by atoms with Crippen LogP contribution < -0.4 is 0 Å². The number of hydrogen-bond donors (Lipinski definition) is 1. The van der Waals surface area contributed by atoms with E-state index in [-0.39, 0.29) is 29.9 Å². The molecule has 0 heterocycles. The largest absolute Gasteiger partial charge is 0.469 e. The molecule has 0 aliphatic heterocycles. The van der Waals surface area contributed by atoms with Crippen LogP contribution in [0.1, 0.15) is 118 Å². The summed E-state index contributed by atoms with van der Waals surface area (Å²) in [5.41, 5.74) is 1.16. The van der Waals surface area contributed by atoms with Crippen LogP contribution in [0.25, 0.3) is 0 Å². The average molecular weight is 555 g/mol. The molecule has 0 aromatic rings. The van der Waals surface area contributed by atoms with E-state index < -0.39 is 5.79 Å². The normalized spacial score (nSPS) is 25.5. The number of aliphatic hydroxyl groups excluding tert-OH is 1. The molecule has 2 aliphatic carbocycles. The van der Waals surface area contributed by atoms with Crippen LogP contribution >= 0.6 is 0 Å². The second-order valence-electron chi connectivity index (χ2n) is 11.6. The molecule has 7 heteroatoms. The molecule has 1 N–H and O–H groups in total. The molecule has 0 aromatic heterocycles. The number of esters is 2. The number of rotatable bonds is 16. The summed E-state index contributed by atoms with van der Waals surface area (Å²) in [6, 6.07) is 0. The highest BCUT2D eigenvalue weighted by atomic mass is 16.7. The molecule has 2 fully saturated rings. The Kier molecular flexibility index (Phi) is 17.9. The van der Waals surface area contributed by atoms with E-state index in [9.17, 15) is 14.7 Å². The fourth-order valence-electron chi connectivity index (χ4n) is 6.35. The van der Waals surface area contributed by atoms with Gasteiger partial charge in [-0.25, -0.2) is 0 Å². The van der Waals surface area contributed by atoms with Gasteiger partial charge in [0, 0.05) is 39.4 Å². The molecule has 2 saturated carbocycles. The zero-order valence-electron chi connectivity index (χ0n) is 26.0. The van der Waals surface area contributed by atoms with Gasteiger partial charge in [0.15, 0.2) is 5.79 Å². The predicted molar refractivity (Wildman–Crippen MR) is 155 cm³/mol. The van der Waals surface area contributed by atoms with E-state index in [2.05, 4.69) is 13.8 Å². The average Bonchev–Trinajstić information content (AvgIpc) is 3.44. The Balaban J connectivity index is 0.000000391. The quantitative estimate of drug-likeness (QED) is 0.0950. The first kappa shape index (κ1) is 35.6. The lowest BCUT2D eigenvalue weighted by Gasteiger charge is -2.35. The van der Waals surface area contributed by atoms with Gasteiger partial charge in [-0.15, -0.1) is 0 Å². The van der Waals surface area contributed by atoms with Gasteiger partial charge in [-0.1, -0.05) is 57.9 Å². The van der Waals surface area contributed by atoms with Gasteiger partial charge in [0.05, 0.1) is 13.2 Å². The summed E-state index contributed by atoms with van der Waals surface area (Å²) >= 11 is 0. The number of aliphatic hydroxyl groups is 1. The standard InChI is InChI=1S/C17H30O3.C15H28O4/c1-4-5-6-7-15-14(8-9-16(15)18)12-17(19)20-11-10-13(2)3;1-5-6-7-8-13-12(11-14(16)17-2)9-10-15(13,18-3)19-4/h10,14-16,18H,4-9,11-12H2,1-3H3;12-13H,5-11H2,1-4H3. The van der Waals surface area contributed by atoms with Crippen molar-refractivity contribution in [1.82, 2.24) is 0 Å². The highest BCUT2D eigenvalue weighted by Gasteiger charge is 2.49. The molecule has 39 heavy (non-hydrogen) atoms. The molecule has 5 unspecified atom stereocenters. The SMILES string of the molecule is CCCCCC1C(CC(=O)OC)CCC1(OC)OC.CCCCCC1C(O)CCC1CC(=O)OCC=C(C)C. The van der Waals surface area contributed by atoms with Gasteiger partial charge in [-0.3, -0.25) is 9.59 Å². The number of ether oxygens (including phenoxy) is 4. The summed E-state index contributed by atoms with van der Waals surface area (Å²) in [6.07, 6.45) is 15.5. The van der Waals surface area contributed by atoms with Gasteiger partial charge in [0.2, 0.25) is 0 Å². The highest BCUT2D eigenvalue weighted by Crippen LogP contribution is 2.47. The van der Waals surface area contributed by atoms with Crippen molar-refractivity contribution in [3.05, 3.63) is 11.6 Å². The van der Waals surface area contributed by atoms with Crippen molar-refractivity contribution in [2.75, 3.05) is 27.9 Å². The Bertz CT molecular complexity index is 711. The number of carbonyl (C=O) groups excluding carboxylic acids is 2. The summed E-state index contributed by atoms with van der Waals surface area (Å²) in [6.45, 7) is 8.73. The monoisotopic (exact) mass is 554 g/mol. The topological polar surface area (TPSA) is 91.3 Å². The summed E-state index contributed by atoms with van der Waals surface area (Å²) < 4.78 is 21.4. The minimum absolute atomic E-state index is 0.123. The summed E-state index contributed by atoms with van der Waals surface area (Å²) in [5.74, 6) is 0.429. The van der Waals surface area contributed by atoms with Crippen molar-refractivity contribution in [2.45, 2.75) is 129 Å². The Morgan fingerprint density at radius 2 is 1.46 bits per heavy atom. The maximum absolute atomic E-state index is 11.8. The van der Waals surface area contributed by atoms with Crippen LogP contribution in [0.2, 0.25) is 0 Å². The molecule has 0 saturated heterocycles. The Morgan fingerprint density at radius 3 is 2.03 bits per heavy atom. The zero-order valence-corrected chi connectivity index (χ0v) is 26.0. The van der Waals surface area contributed by atoms with Crippen molar-refractivity contribution in [3.8, 4) is 0 Å². The van der Waals surface area contributed by atoms with Crippen LogP contribution in [-0.2, 0) is 28.5 Å². The smallest absolute Gasteiger partial charge is 0.306 e. The maximum Gasteiger partial charge on any atom is 0.306 e. The van der Waals surface area contributed by atoms with Crippen LogP contribution in [0.5, 0.6) is 0 Å². The molecular weight excluding hydrogens is 496 g/mol. The summed E-state index contributed by atoms with van der Waals surface area (Å²) in [5, 5.41) is 10.1. The predicted octanol–water partition coefficient (Wildman–Crippen LogP) is 7.00. The van der Waals surface area contributed by atoms with Crippen molar-refractivity contribution >= 4 is 11.9 Å². The van der Waals surface area contributed by atoms with E-state index in [4.69, 9.17) is 18.9 Å². The first-order chi connectivity index (χ1) is 18.7. The van der Waals surface area contributed by atoms with E-state index in [1.54, 1.807) is 14.2 Å². The molecule has 0 aromatic carbocycles. The lowest BCUT2D eigenvalue weighted by Crippen LogP contribution is -2.40. The number of allylic oxidation sites excluding steroid dienone is 1. The van der Waals surface area contributed by atoms with Crippen LogP contribution in [0.15, 0.2) is 11.6 Å². The molecule has 7 nitrogen and oxygen atoms in total. The van der Waals surface area contributed by atoms with Crippen molar-refractivity contribution < 1.29 is 33.6 Å². The van der Waals surface area contributed by atoms with E-state index in [1.165, 1.54) is 32.8 Å². The molecule has 0 bridgehead atoms. The molecule has 0 radical (unpaired) electrons. The number of methoxy groups -OCH3 is 3. The Morgan fingerprint density at radius 1 is 0.846 bits per heavy atom. The van der Waals surface area contributed by atoms with Gasteiger partial charge in [-0.05, 0) is 69.8 Å². The fourth-order valence-corrected chi connectivity index (χ4v) is 6.35. The molecule has 0 amide bonds. The van der Waals surface area contributed by atoms with Crippen molar-refractivity contribution in [2.24, 2.45) is 23.7 Å². The van der Waals surface area contributed by atoms with Gasteiger partial charge in [0.1, 0.15) is 6.61 Å².